The summed E-state index contributed by atoms with van der Waals surface area (Å²) in [6, 6.07) is 1.71. The maximum absolute atomic E-state index is 11.9. The SMILES string of the molecule is CCc1cc2c(oc1=O)CC(C)(C)CC2=O. The predicted octanol–water partition coefficient (Wildman–Crippen LogP) is 2.36. The molecule has 0 saturated heterocycles. The molecule has 16 heavy (non-hydrogen) atoms. The minimum absolute atomic E-state index is 0.0877. The summed E-state index contributed by atoms with van der Waals surface area (Å²) in [6.45, 7) is 5.92. The van der Waals surface area contributed by atoms with Crippen molar-refractivity contribution >= 4 is 5.78 Å². The molecule has 1 aromatic heterocycles. The number of rotatable bonds is 1. The summed E-state index contributed by atoms with van der Waals surface area (Å²) in [5, 5.41) is 0. The van der Waals surface area contributed by atoms with Crippen LogP contribution < -0.4 is 5.63 Å². The second-order valence-corrected chi connectivity index (χ2v) is 5.19. The highest BCUT2D eigenvalue weighted by Gasteiger charge is 2.33. The molecule has 0 fully saturated rings. The normalized spacial score (nSPS) is 18.3. The Kier molecular flexibility index (Phi) is 2.49. The van der Waals surface area contributed by atoms with Gasteiger partial charge in [0.25, 0.3) is 0 Å². The molecular formula is C13H16O3. The van der Waals surface area contributed by atoms with Crippen molar-refractivity contribution in [2.75, 3.05) is 0 Å². The summed E-state index contributed by atoms with van der Waals surface area (Å²) in [5.74, 6) is 0.646. The molecule has 0 radical (unpaired) electrons. The van der Waals surface area contributed by atoms with Gasteiger partial charge in [-0.15, -0.1) is 0 Å². The summed E-state index contributed by atoms with van der Waals surface area (Å²) in [5.41, 5.74) is 0.794. The van der Waals surface area contributed by atoms with E-state index < -0.39 is 0 Å². The monoisotopic (exact) mass is 220 g/mol. The van der Waals surface area contributed by atoms with Gasteiger partial charge in [0.05, 0.1) is 5.56 Å². The van der Waals surface area contributed by atoms with E-state index >= 15 is 0 Å². The Bertz CT molecular complexity index is 494. The van der Waals surface area contributed by atoms with Crippen molar-refractivity contribution in [2.45, 2.75) is 40.0 Å². The van der Waals surface area contributed by atoms with Gasteiger partial charge < -0.3 is 4.42 Å². The number of Topliss-reactive ketones (excluding diaryl/α,β-unsaturated/α-hetero) is 1. The molecule has 0 aromatic carbocycles. The van der Waals surface area contributed by atoms with Crippen molar-refractivity contribution in [1.82, 2.24) is 0 Å². The molecule has 0 N–H and O–H groups in total. The van der Waals surface area contributed by atoms with Gasteiger partial charge in [-0.3, -0.25) is 4.79 Å². The first kappa shape index (κ1) is 11.1. The minimum Gasteiger partial charge on any atom is -0.427 e. The fraction of sp³-hybridized carbons (Fsp3) is 0.538. The van der Waals surface area contributed by atoms with E-state index in [1.807, 2.05) is 20.8 Å². The fourth-order valence-corrected chi connectivity index (χ4v) is 2.19. The van der Waals surface area contributed by atoms with Gasteiger partial charge >= 0.3 is 5.63 Å². The zero-order valence-electron chi connectivity index (χ0n) is 9.92. The number of carbonyl (C=O) groups excluding carboxylic acids is 1. The minimum atomic E-state index is -0.299. The Hall–Kier alpha value is -1.38. The molecule has 0 bridgehead atoms. The predicted molar refractivity (Wildman–Crippen MR) is 60.8 cm³/mol. The number of carbonyl (C=O) groups is 1. The molecule has 1 aliphatic carbocycles. The molecule has 0 unspecified atom stereocenters. The van der Waals surface area contributed by atoms with Gasteiger partial charge in [0, 0.05) is 18.4 Å². The summed E-state index contributed by atoms with van der Waals surface area (Å²) < 4.78 is 5.25. The Morgan fingerprint density at radius 2 is 2.00 bits per heavy atom. The Labute approximate surface area is 94.5 Å². The molecule has 0 aliphatic heterocycles. The van der Waals surface area contributed by atoms with E-state index in [2.05, 4.69) is 0 Å². The second-order valence-electron chi connectivity index (χ2n) is 5.19. The van der Waals surface area contributed by atoms with Crippen molar-refractivity contribution in [1.29, 1.82) is 0 Å². The molecule has 0 saturated carbocycles. The number of hydrogen-bond donors (Lipinski definition) is 0. The van der Waals surface area contributed by atoms with E-state index in [4.69, 9.17) is 4.42 Å². The first-order valence-corrected chi connectivity index (χ1v) is 5.62. The molecule has 3 nitrogen and oxygen atoms in total. The van der Waals surface area contributed by atoms with Crippen molar-refractivity contribution in [3.8, 4) is 0 Å². The third-order valence-corrected chi connectivity index (χ3v) is 3.06. The fourth-order valence-electron chi connectivity index (χ4n) is 2.19. The average Bonchev–Trinajstić information content (AvgIpc) is 2.14. The zero-order valence-corrected chi connectivity index (χ0v) is 9.92. The molecule has 2 rings (SSSR count). The van der Waals surface area contributed by atoms with Crippen LogP contribution in [0.2, 0.25) is 0 Å². The number of fused-ring (bicyclic) bond motifs is 1. The van der Waals surface area contributed by atoms with Crippen LogP contribution in [0.4, 0.5) is 0 Å². The largest absolute Gasteiger partial charge is 0.427 e. The molecule has 0 spiro atoms. The van der Waals surface area contributed by atoms with Gasteiger partial charge in [-0.05, 0) is 17.9 Å². The van der Waals surface area contributed by atoms with Gasteiger partial charge in [-0.1, -0.05) is 20.8 Å². The van der Waals surface area contributed by atoms with E-state index in [1.165, 1.54) is 0 Å². The first-order chi connectivity index (χ1) is 7.43. The summed E-state index contributed by atoms with van der Waals surface area (Å²) in [6.07, 6.45) is 1.79. The van der Waals surface area contributed by atoms with Gasteiger partial charge in [-0.2, -0.15) is 0 Å². The molecule has 3 heteroatoms. The number of aryl methyl sites for hydroxylation is 1. The third kappa shape index (κ3) is 1.82. The lowest BCUT2D eigenvalue weighted by Crippen LogP contribution is -2.28. The third-order valence-electron chi connectivity index (χ3n) is 3.06. The van der Waals surface area contributed by atoms with Gasteiger partial charge in [-0.25, -0.2) is 4.79 Å². The highest BCUT2D eigenvalue weighted by molar-refractivity contribution is 5.98. The van der Waals surface area contributed by atoms with Gasteiger partial charge in [0.2, 0.25) is 0 Å². The lowest BCUT2D eigenvalue weighted by molar-refractivity contribution is 0.0897. The van der Waals surface area contributed by atoms with Crippen LogP contribution in [0.1, 0.15) is 48.9 Å². The van der Waals surface area contributed by atoms with Crippen molar-refractivity contribution in [3.63, 3.8) is 0 Å². The highest BCUT2D eigenvalue weighted by atomic mass is 16.4. The number of hydrogen-bond acceptors (Lipinski definition) is 3. The van der Waals surface area contributed by atoms with E-state index in [0.717, 1.165) is 0 Å². The number of ketones is 1. The molecule has 0 atom stereocenters. The topological polar surface area (TPSA) is 47.3 Å². The molecule has 1 aliphatic rings. The van der Waals surface area contributed by atoms with Crippen LogP contribution in [0, 0.1) is 5.41 Å². The Balaban J connectivity index is 2.58. The van der Waals surface area contributed by atoms with E-state index in [1.54, 1.807) is 6.07 Å². The van der Waals surface area contributed by atoms with Crippen LogP contribution in [-0.2, 0) is 12.8 Å². The first-order valence-electron chi connectivity index (χ1n) is 5.62. The lowest BCUT2D eigenvalue weighted by atomic mass is 9.76. The van der Waals surface area contributed by atoms with Crippen LogP contribution in [-0.4, -0.2) is 5.78 Å². The maximum Gasteiger partial charge on any atom is 0.339 e. The summed E-state index contributed by atoms with van der Waals surface area (Å²) >= 11 is 0. The smallest absolute Gasteiger partial charge is 0.339 e. The molecule has 1 heterocycles. The molecule has 0 amide bonds. The Morgan fingerprint density at radius 3 is 2.62 bits per heavy atom. The van der Waals surface area contributed by atoms with Gasteiger partial charge in [0.15, 0.2) is 5.78 Å². The van der Waals surface area contributed by atoms with Crippen LogP contribution in [0.25, 0.3) is 0 Å². The van der Waals surface area contributed by atoms with Crippen LogP contribution in [0.15, 0.2) is 15.3 Å². The second kappa shape index (κ2) is 3.58. The quantitative estimate of drug-likeness (QED) is 0.730. The van der Waals surface area contributed by atoms with E-state index in [-0.39, 0.29) is 16.8 Å². The van der Waals surface area contributed by atoms with E-state index in [0.29, 0.717) is 36.1 Å². The Morgan fingerprint density at radius 1 is 1.31 bits per heavy atom. The van der Waals surface area contributed by atoms with E-state index in [9.17, 15) is 9.59 Å². The summed E-state index contributed by atoms with van der Waals surface area (Å²) in [7, 11) is 0. The van der Waals surface area contributed by atoms with Crippen LogP contribution in [0.3, 0.4) is 0 Å². The average molecular weight is 220 g/mol. The van der Waals surface area contributed by atoms with Crippen molar-refractivity contribution in [2.24, 2.45) is 5.41 Å². The molecule has 1 aromatic rings. The van der Waals surface area contributed by atoms with Crippen molar-refractivity contribution in [3.05, 3.63) is 33.4 Å². The maximum atomic E-state index is 11.9. The van der Waals surface area contributed by atoms with Gasteiger partial charge in [0.1, 0.15) is 5.76 Å². The lowest BCUT2D eigenvalue weighted by Gasteiger charge is -2.28. The highest BCUT2D eigenvalue weighted by Crippen LogP contribution is 2.34. The van der Waals surface area contributed by atoms with Crippen molar-refractivity contribution < 1.29 is 9.21 Å². The summed E-state index contributed by atoms with van der Waals surface area (Å²) in [4.78, 5) is 23.5. The zero-order chi connectivity index (χ0) is 11.9. The molecular weight excluding hydrogens is 204 g/mol. The standard InChI is InChI=1S/C13H16O3/c1-4-8-5-9-10(14)6-13(2,3)7-11(9)16-12(8)15/h5H,4,6-7H2,1-3H3. The van der Waals surface area contributed by atoms with Crippen LogP contribution in [0.5, 0.6) is 0 Å². The molecule has 86 valence electrons. The van der Waals surface area contributed by atoms with Crippen LogP contribution >= 0.6 is 0 Å².